The van der Waals surface area contributed by atoms with Crippen molar-refractivity contribution in [3.8, 4) is 11.9 Å². The predicted molar refractivity (Wildman–Crippen MR) is 123 cm³/mol. The Hall–Kier alpha value is -3.93. The van der Waals surface area contributed by atoms with Gasteiger partial charge in [-0.2, -0.15) is 10.2 Å². The van der Waals surface area contributed by atoms with Gasteiger partial charge in [-0.05, 0) is 49.5 Å². The van der Waals surface area contributed by atoms with Gasteiger partial charge in [-0.15, -0.1) is 0 Å². The second-order valence-electron chi connectivity index (χ2n) is 8.27. The molecule has 2 aromatic rings. The molecule has 0 bridgehead atoms. The molecule has 0 unspecified atom stereocenters. The zero-order chi connectivity index (χ0) is 23.5. The minimum absolute atomic E-state index is 0.00626. The fourth-order valence-corrected chi connectivity index (χ4v) is 4.51. The summed E-state index contributed by atoms with van der Waals surface area (Å²) >= 11 is 0. The molecule has 2 atom stereocenters. The molecule has 0 spiro atoms. The van der Waals surface area contributed by atoms with Gasteiger partial charge in [-0.1, -0.05) is 12.6 Å². The number of carbonyl (C=O) groups is 2. The molecule has 1 aromatic carbocycles. The number of hydrogen-bond acceptors (Lipinski definition) is 7. The van der Waals surface area contributed by atoms with Crippen LogP contribution in [-0.2, 0) is 11.3 Å². The molecule has 1 saturated carbocycles. The van der Waals surface area contributed by atoms with E-state index in [1.165, 1.54) is 24.3 Å². The van der Waals surface area contributed by atoms with E-state index < -0.39 is 0 Å². The molecule has 1 aliphatic heterocycles. The van der Waals surface area contributed by atoms with Gasteiger partial charge in [-0.3, -0.25) is 9.59 Å². The van der Waals surface area contributed by atoms with Crippen LogP contribution < -0.4 is 15.0 Å². The standard InChI is InChI=1S/C24H26N6O3/c1-4-21(31)29(2)18-9-8-15-14-30(23(32)20(15)11-18)19-7-5-6-17(10-19)27-24-26-13-16(12-25)22(28-24)33-3/h4,8-9,11,13,17,19H,1,5-7,10,14H2,2-3H3,(H,26,27,28)/t17-,19+/m1/s1. The number of anilines is 2. The lowest BCUT2D eigenvalue weighted by Crippen LogP contribution is -2.42. The predicted octanol–water partition coefficient (Wildman–Crippen LogP) is 2.88. The number of nitriles is 1. The maximum absolute atomic E-state index is 13.2. The molecule has 2 aliphatic rings. The van der Waals surface area contributed by atoms with E-state index >= 15 is 0 Å². The topological polar surface area (TPSA) is 111 Å². The van der Waals surface area contributed by atoms with E-state index in [0.717, 1.165) is 31.2 Å². The van der Waals surface area contributed by atoms with E-state index in [2.05, 4.69) is 21.9 Å². The van der Waals surface area contributed by atoms with Crippen LogP contribution in [0.5, 0.6) is 5.88 Å². The molecule has 1 aromatic heterocycles. The van der Waals surface area contributed by atoms with Crippen LogP contribution in [0.25, 0.3) is 0 Å². The highest BCUT2D eigenvalue weighted by Crippen LogP contribution is 2.33. The molecule has 33 heavy (non-hydrogen) atoms. The first kappa shape index (κ1) is 22.3. The van der Waals surface area contributed by atoms with E-state index in [9.17, 15) is 9.59 Å². The van der Waals surface area contributed by atoms with Crippen LogP contribution in [0.3, 0.4) is 0 Å². The normalized spacial score (nSPS) is 19.4. The number of methoxy groups -OCH3 is 1. The summed E-state index contributed by atoms with van der Waals surface area (Å²) in [5, 5.41) is 12.4. The van der Waals surface area contributed by atoms with Gasteiger partial charge >= 0.3 is 0 Å². The van der Waals surface area contributed by atoms with Crippen molar-refractivity contribution in [1.29, 1.82) is 5.26 Å². The quantitative estimate of drug-likeness (QED) is 0.679. The average molecular weight is 447 g/mol. The Bertz CT molecular complexity index is 1140. The third-order valence-electron chi connectivity index (χ3n) is 6.31. The lowest BCUT2D eigenvalue weighted by atomic mass is 9.90. The number of fused-ring (bicyclic) bond motifs is 1. The molecule has 170 valence electrons. The van der Waals surface area contributed by atoms with Gasteiger partial charge in [0.05, 0.1) is 13.3 Å². The van der Waals surface area contributed by atoms with Crippen molar-refractivity contribution >= 4 is 23.5 Å². The summed E-state index contributed by atoms with van der Waals surface area (Å²) in [4.78, 5) is 37.1. The molecular weight excluding hydrogens is 420 g/mol. The van der Waals surface area contributed by atoms with Crippen molar-refractivity contribution in [1.82, 2.24) is 14.9 Å². The Labute approximate surface area is 192 Å². The van der Waals surface area contributed by atoms with Crippen LogP contribution >= 0.6 is 0 Å². The Kier molecular flexibility index (Phi) is 6.27. The highest BCUT2D eigenvalue weighted by molar-refractivity contribution is 6.03. The summed E-state index contributed by atoms with van der Waals surface area (Å²) in [5.74, 6) is 0.420. The lowest BCUT2D eigenvalue weighted by Gasteiger charge is -2.35. The minimum atomic E-state index is -0.222. The van der Waals surface area contributed by atoms with Crippen molar-refractivity contribution in [3.05, 3.63) is 53.7 Å². The molecule has 2 amide bonds. The van der Waals surface area contributed by atoms with Crippen LogP contribution in [0.2, 0.25) is 0 Å². The Morgan fingerprint density at radius 1 is 1.42 bits per heavy atom. The van der Waals surface area contributed by atoms with Crippen molar-refractivity contribution in [2.24, 2.45) is 0 Å². The van der Waals surface area contributed by atoms with E-state index in [4.69, 9.17) is 10.00 Å². The minimum Gasteiger partial charge on any atom is -0.480 e. The van der Waals surface area contributed by atoms with Gasteiger partial charge in [0.2, 0.25) is 17.7 Å². The maximum atomic E-state index is 13.2. The van der Waals surface area contributed by atoms with Gasteiger partial charge in [0.15, 0.2) is 0 Å². The number of nitrogens with zero attached hydrogens (tertiary/aromatic N) is 5. The first-order valence-corrected chi connectivity index (χ1v) is 10.9. The van der Waals surface area contributed by atoms with Crippen LogP contribution in [-0.4, -0.2) is 52.9 Å². The number of hydrogen-bond donors (Lipinski definition) is 1. The number of carbonyl (C=O) groups excluding carboxylic acids is 2. The molecule has 2 heterocycles. The largest absolute Gasteiger partial charge is 0.480 e. The summed E-state index contributed by atoms with van der Waals surface area (Å²) in [5.41, 5.74) is 2.57. The maximum Gasteiger partial charge on any atom is 0.254 e. The van der Waals surface area contributed by atoms with Crippen molar-refractivity contribution in [2.75, 3.05) is 24.4 Å². The summed E-state index contributed by atoms with van der Waals surface area (Å²) in [6.45, 7) is 4.08. The van der Waals surface area contributed by atoms with Gasteiger partial charge in [0, 0.05) is 36.9 Å². The summed E-state index contributed by atoms with van der Waals surface area (Å²) in [6.07, 6.45) is 6.31. The second-order valence-corrected chi connectivity index (χ2v) is 8.27. The number of ether oxygens (including phenoxy) is 1. The summed E-state index contributed by atoms with van der Waals surface area (Å²) in [6, 6.07) is 7.77. The van der Waals surface area contributed by atoms with E-state index in [-0.39, 0.29) is 35.3 Å². The number of amides is 2. The van der Waals surface area contributed by atoms with Gasteiger partial charge in [-0.25, -0.2) is 4.98 Å². The fourth-order valence-electron chi connectivity index (χ4n) is 4.51. The Morgan fingerprint density at radius 2 is 2.24 bits per heavy atom. The molecule has 9 nitrogen and oxygen atoms in total. The molecule has 1 fully saturated rings. The highest BCUT2D eigenvalue weighted by atomic mass is 16.5. The number of rotatable bonds is 6. The van der Waals surface area contributed by atoms with Crippen LogP contribution in [0.4, 0.5) is 11.6 Å². The van der Waals surface area contributed by atoms with Crippen LogP contribution in [0.15, 0.2) is 37.1 Å². The van der Waals surface area contributed by atoms with Gasteiger partial charge in [0.25, 0.3) is 5.91 Å². The van der Waals surface area contributed by atoms with Gasteiger partial charge in [0.1, 0.15) is 11.6 Å². The zero-order valence-electron chi connectivity index (χ0n) is 18.7. The number of benzene rings is 1. The SMILES string of the molecule is C=CC(=O)N(C)c1ccc2c(c1)C(=O)N([C@H]1CCC[C@@H](Nc3ncc(C#N)c(OC)n3)C1)C2. The van der Waals surface area contributed by atoms with Crippen LogP contribution in [0.1, 0.15) is 47.2 Å². The average Bonchev–Trinajstić information content (AvgIpc) is 3.18. The van der Waals surface area contributed by atoms with Gasteiger partial charge < -0.3 is 19.9 Å². The number of likely N-dealkylation sites (N-methyl/N-ethyl adjacent to an activating group) is 1. The molecule has 1 aliphatic carbocycles. The molecule has 0 saturated heterocycles. The monoisotopic (exact) mass is 446 g/mol. The van der Waals surface area contributed by atoms with Crippen LogP contribution in [0, 0.1) is 11.3 Å². The third kappa shape index (κ3) is 4.37. The molecular formula is C24H26N6O3. The smallest absolute Gasteiger partial charge is 0.254 e. The second kappa shape index (κ2) is 9.28. The molecule has 1 N–H and O–H groups in total. The van der Waals surface area contributed by atoms with E-state index in [0.29, 0.717) is 23.7 Å². The molecule has 4 rings (SSSR count). The molecule has 9 heteroatoms. The molecule has 0 radical (unpaired) electrons. The fraction of sp³-hybridized carbons (Fsp3) is 0.375. The number of aromatic nitrogens is 2. The van der Waals surface area contributed by atoms with Crippen molar-refractivity contribution in [3.63, 3.8) is 0 Å². The summed E-state index contributed by atoms with van der Waals surface area (Å²) < 4.78 is 5.17. The first-order chi connectivity index (χ1) is 15.9. The first-order valence-electron chi connectivity index (χ1n) is 10.9. The third-order valence-corrected chi connectivity index (χ3v) is 6.31. The Morgan fingerprint density at radius 3 is 2.97 bits per heavy atom. The van der Waals surface area contributed by atoms with E-state index in [1.807, 2.05) is 23.1 Å². The highest BCUT2D eigenvalue weighted by Gasteiger charge is 2.36. The Balaban J connectivity index is 1.46. The summed E-state index contributed by atoms with van der Waals surface area (Å²) in [7, 11) is 3.14. The number of nitrogens with one attached hydrogen (secondary N) is 1. The zero-order valence-corrected chi connectivity index (χ0v) is 18.7. The lowest BCUT2D eigenvalue weighted by molar-refractivity contribution is -0.113. The van der Waals surface area contributed by atoms with Crippen molar-refractivity contribution < 1.29 is 14.3 Å². The van der Waals surface area contributed by atoms with E-state index in [1.54, 1.807) is 13.1 Å². The van der Waals surface area contributed by atoms with Crippen molar-refractivity contribution in [2.45, 2.75) is 44.3 Å².